The van der Waals surface area contributed by atoms with Gasteiger partial charge in [0.05, 0.1) is 23.7 Å². The molecule has 19 heavy (non-hydrogen) atoms. The molecule has 0 unspecified atom stereocenters. The van der Waals surface area contributed by atoms with E-state index in [9.17, 15) is 9.59 Å². The Bertz CT molecular complexity index is 477. The summed E-state index contributed by atoms with van der Waals surface area (Å²) in [5.41, 5.74) is 6.36. The molecule has 0 radical (unpaired) electrons. The van der Waals surface area contributed by atoms with E-state index in [1.165, 1.54) is 19.2 Å². The standard InChI is InChI=1S/C13H17ClN2O3/c1-3-4-11(15)12(17)16-8-5-6-10(14)9(7-8)13(18)19-2/h5-7,11H,3-4,15H2,1-2H3,(H,16,17)/t11-/m0/s1. The maximum Gasteiger partial charge on any atom is 0.339 e. The minimum atomic E-state index is -0.567. The molecule has 0 aliphatic carbocycles. The number of nitrogens with one attached hydrogen (secondary N) is 1. The third kappa shape index (κ3) is 4.22. The van der Waals surface area contributed by atoms with E-state index in [-0.39, 0.29) is 16.5 Å². The summed E-state index contributed by atoms with van der Waals surface area (Å²) in [5.74, 6) is -0.848. The van der Waals surface area contributed by atoms with Crippen LogP contribution in [-0.4, -0.2) is 25.0 Å². The van der Waals surface area contributed by atoms with Gasteiger partial charge in [0.25, 0.3) is 0 Å². The highest BCUT2D eigenvalue weighted by molar-refractivity contribution is 6.33. The Morgan fingerprint density at radius 3 is 2.74 bits per heavy atom. The molecule has 0 heterocycles. The first-order valence-corrected chi connectivity index (χ1v) is 6.31. The molecule has 1 amide bonds. The average Bonchev–Trinajstić information content (AvgIpc) is 2.40. The van der Waals surface area contributed by atoms with E-state index in [0.29, 0.717) is 12.1 Å². The highest BCUT2D eigenvalue weighted by Crippen LogP contribution is 2.21. The largest absolute Gasteiger partial charge is 0.465 e. The summed E-state index contributed by atoms with van der Waals surface area (Å²) in [6.45, 7) is 1.95. The van der Waals surface area contributed by atoms with Gasteiger partial charge in [0.1, 0.15) is 0 Å². The summed E-state index contributed by atoms with van der Waals surface area (Å²) in [5, 5.41) is 2.91. The van der Waals surface area contributed by atoms with Crippen LogP contribution in [0.2, 0.25) is 5.02 Å². The molecule has 1 rings (SSSR count). The predicted octanol–water partition coefficient (Wildman–Crippen LogP) is 2.19. The van der Waals surface area contributed by atoms with Crippen LogP contribution in [0.4, 0.5) is 5.69 Å². The molecule has 0 aliphatic heterocycles. The average molecular weight is 285 g/mol. The number of methoxy groups -OCH3 is 1. The number of halogens is 1. The molecule has 1 atom stereocenters. The van der Waals surface area contributed by atoms with Gasteiger partial charge in [0.2, 0.25) is 5.91 Å². The quantitative estimate of drug-likeness (QED) is 0.812. The Balaban J connectivity index is 2.85. The smallest absolute Gasteiger partial charge is 0.339 e. The van der Waals surface area contributed by atoms with Crippen molar-refractivity contribution in [1.82, 2.24) is 0 Å². The van der Waals surface area contributed by atoms with Crippen LogP contribution in [0, 0.1) is 0 Å². The number of nitrogens with two attached hydrogens (primary N) is 1. The Labute approximate surface area is 117 Å². The van der Waals surface area contributed by atoms with Crippen LogP contribution < -0.4 is 11.1 Å². The van der Waals surface area contributed by atoms with Gasteiger partial charge >= 0.3 is 5.97 Å². The van der Waals surface area contributed by atoms with Gasteiger partial charge in [0, 0.05) is 5.69 Å². The Kier molecular flexibility index (Phi) is 5.79. The van der Waals surface area contributed by atoms with Crippen molar-refractivity contribution in [2.24, 2.45) is 5.73 Å². The van der Waals surface area contributed by atoms with Gasteiger partial charge in [-0.15, -0.1) is 0 Å². The number of anilines is 1. The second kappa shape index (κ2) is 7.11. The van der Waals surface area contributed by atoms with Gasteiger partial charge in [0.15, 0.2) is 0 Å². The van der Waals surface area contributed by atoms with Crippen molar-refractivity contribution in [3.63, 3.8) is 0 Å². The fraction of sp³-hybridized carbons (Fsp3) is 0.385. The summed E-state index contributed by atoms with van der Waals surface area (Å²) in [4.78, 5) is 23.2. The summed E-state index contributed by atoms with van der Waals surface area (Å²) in [6.07, 6.45) is 1.42. The van der Waals surface area contributed by atoms with Crippen LogP contribution in [0.1, 0.15) is 30.1 Å². The fourth-order valence-corrected chi connectivity index (χ4v) is 1.74. The van der Waals surface area contributed by atoms with Crippen molar-refractivity contribution in [3.05, 3.63) is 28.8 Å². The van der Waals surface area contributed by atoms with E-state index in [0.717, 1.165) is 6.42 Å². The summed E-state index contributed by atoms with van der Waals surface area (Å²) in [7, 11) is 1.26. The Morgan fingerprint density at radius 2 is 2.16 bits per heavy atom. The molecule has 0 spiro atoms. The van der Waals surface area contributed by atoms with Crippen molar-refractivity contribution >= 4 is 29.2 Å². The fourth-order valence-electron chi connectivity index (χ4n) is 1.55. The Morgan fingerprint density at radius 1 is 1.47 bits per heavy atom. The van der Waals surface area contributed by atoms with E-state index in [2.05, 4.69) is 10.1 Å². The zero-order chi connectivity index (χ0) is 14.4. The zero-order valence-electron chi connectivity index (χ0n) is 10.9. The monoisotopic (exact) mass is 284 g/mol. The molecule has 1 aromatic carbocycles. The van der Waals surface area contributed by atoms with Crippen molar-refractivity contribution in [2.75, 3.05) is 12.4 Å². The predicted molar refractivity (Wildman–Crippen MR) is 74.3 cm³/mol. The lowest BCUT2D eigenvalue weighted by atomic mass is 10.1. The first kappa shape index (κ1) is 15.5. The number of ether oxygens (including phenoxy) is 1. The molecular weight excluding hydrogens is 268 g/mol. The minimum absolute atomic E-state index is 0.200. The number of carbonyl (C=O) groups excluding carboxylic acids is 2. The number of benzene rings is 1. The number of amides is 1. The molecule has 1 aromatic rings. The number of hydrogen-bond acceptors (Lipinski definition) is 4. The van der Waals surface area contributed by atoms with Crippen molar-refractivity contribution < 1.29 is 14.3 Å². The van der Waals surface area contributed by atoms with Crippen LogP contribution >= 0.6 is 11.6 Å². The van der Waals surface area contributed by atoms with Gasteiger partial charge < -0.3 is 15.8 Å². The number of rotatable bonds is 5. The molecular formula is C13H17ClN2O3. The SMILES string of the molecule is CCC[C@H](N)C(=O)Nc1ccc(Cl)c(C(=O)OC)c1. The lowest BCUT2D eigenvalue weighted by molar-refractivity contribution is -0.117. The summed E-state index contributed by atoms with van der Waals surface area (Å²) < 4.78 is 4.60. The van der Waals surface area contributed by atoms with Gasteiger partial charge in [-0.1, -0.05) is 24.9 Å². The second-order valence-corrected chi connectivity index (χ2v) is 4.48. The maximum atomic E-state index is 11.8. The molecule has 0 saturated carbocycles. The highest BCUT2D eigenvalue weighted by Gasteiger charge is 2.15. The van der Waals surface area contributed by atoms with Gasteiger partial charge in [-0.2, -0.15) is 0 Å². The molecule has 104 valence electrons. The van der Waals surface area contributed by atoms with Gasteiger partial charge in [-0.05, 0) is 24.6 Å². The molecule has 0 aromatic heterocycles. The highest BCUT2D eigenvalue weighted by atomic mass is 35.5. The molecule has 6 heteroatoms. The van der Waals surface area contributed by atoms with E-state index >= 15 is 0 Å². The zero-order valence-corrected chi connectivity index (χ0v) is 11.7. The minimum Gasteiger partial charge on any atom is -0.465 e. The van der Waals surface area contributed by atoms with Crippen LogP contribution in [0.15, 0.2) is 18.2 Å². The first-order valence-electron chi connectivity index (χ1n) is 5.94. The molecule has 0 aliphatic rings. The van der Waals surface area contributed by atoms with E-state index in [1.807, 2.05) is 6.92 Å². The third-order valence-electron chi connectivity index (χ3n) is 2.58. The molecule has 0 fully saturated rings. The number of hydrogen-bond donors (Lipinski definition) is 2. The normalized spacial score (nSPS) is 11.8. The van der Waals surface area contributed by atoms with Gasteiger partial charge in [-0.25, -0.2) is 4.79 Å². The van der Waals surface area contributed by atoms with Crippen LogP contribution in [0.3, 0.4) is 0 Å². The van der Waals surface area contributed by atoms with Crippen molar-refractivity contribution in [2.45, 2.75) is 25.8 Å². The van der Waals surface area contributed by atoms with Gasteiger partial charge in [-0.3, -0.25) is 4.79 Å². The Hall–Kier alpha value is -1.59. The van der Waals surface area contributed by atoms with E-state index < -0.39 is 12.0 Å². The maximum absolute atomic E-state index is 11.8. The summed E-state index contributed by atoms with van der Waals surface area (Å²) in [6, 6.07) is 4.02. The second-order valence-electron chi connectivity index (χ2n) is 4.07. The topological polar surface area (TPSA) is 81.4 Å². The number of carbonyl (C=O) groups is 2. The summed E-state index contributed by atoms with van der Waals surface area (Å²) >= 11 is 5.88. The third-order valence-corrected chi connectivity index (χ3v) is 2.91. The van der Waals surface area contributed by atoms with Crippen LogP contribution in [-0.2, 0) is 9.53 Å². The lowest BCUT2D eigenvalue weighted by Gasteiger charge is -2.12. The molecule has 0 bridgehead atoms. The van der Waals surface area contributed by atoms with Crippen LogP contribution in [0.5, 0.6) is 0 Å². The van der Waals surface area contributed by atoms with Crippen molar-refractivity contribution in [1.29, 1.82) is 0 Å². The molecule has 0 saturated heterocycles. The number of esters is 1. The van der Waals surface area contributed by atoms with Crippen molar-refractivity contribution in [3.8, 4) is 0 Å². The first-order chi connectivity index (χ1) is 8.99. The van der Waals surface area contributed by atoms with Crippen LogP contribution in [0.25, 0.3) is 0 Å². The molecule has 3 N–H and O–H groups in total. The lowest BCUT2D eigenvalue weighted by Crippen LogP contribution is -2.35. The van der Waals surface area contributed by atoms with E-state index in [1.54, 1.807) is 6.07 Å². The van der Waals surface area contributed by atoms with E-state index in [4.69, 9.17) is 17.3 Å². The molecule has 5 nitrogen and oxygen atoms in total.